The van der Waals surface area contributed by atoms with Crippen molar-refractivity contribution in [2.24, 2.45) is 4.99 Å². The van der Waals surface area contributed by atoms with Crippen LogP contribution in [-0.2, 0) is 13.1 Å². The molecule has 3 aromatic rings. The molecule has 132 valence electrons. The van der Waals surface area contributed by atoms with Crippen LogP contribution in [0.4, 0.5) is 0 Å². The maximum atomic E-state index is 5.87. The highest BCUT2D eigenvalue weighted by Gasteiger charge is 2.12. The van der Waals surface area contributed by atoms with E-state index in [0.717, 1.165) is 34.1 Å². The van der Waals surface area contributed by atoms with Crippen LogP contribution >= 0.6 is 0 Å². The molecule has 0 aliphatic carbocycles. The predicted molar refractivity (Wildman–Crippen MR) is 98.5 cm³/mol. The fraction of sp³-hybridized carbons (Fsp3) is 0.368. The number of aromatic nitrogens is 1. The van der Waals surface area contributed by atoms with E-state index in [1.807, 2.05) is 42.3 Å². The highest BCUT2D eigenvalue weighted by Crippen LogP contribution is 2.19. The maximum absolute atomic E-state index is 5.87. The van der Waals surface area contributed by atoms with Gasteiger partial charge >= 0.3 is 0 Å². The van der Waals surface area contributed by atoms with Crippen LogP contribution in [0.25, 0.3) is 11.0 Å². The first-order valence-electron chi connectivity index (χ1n) is 8.41. The number of para-hydroxylation sites is 1. The summed E-state index contributed by atoms with van der Waals surface area (Å²) < 4.78 is 11.2. The Hall–Kier alpha value is -2.76. The smallest absolute Gasteiger partial charge is 0.194 e. The summed E-state index contributed by atoms with van der Waals surface area (Å²) in [5.41, 5.74) is 1.86. The van der Waals surface area contributed by atoms with Gasteiger partial charge in [0.05, 0.1) is 18.8 Å². The molecule has 0 saturated carbocycles. The van der Waals surface area contributed by atoms with Crippen LogP contribution in [0, 0.1) is 0 Å². The topological polar surface area (TPSA) is 66.8 Å². The first kappa shape index (κ1) is 17.1. The standard InChI is InChI=1S/C19H24N4O2/c1-13(2)17-10-15(25-22-17)11-21-19(20-3)23(4)12-16-9-14-7-5-6-8-18(14)24-16/h5-10,13H,11-12H2,1-4H3,(H,20,21). The van der Waals surface area contributed by atoms with Crippen molar-refractivity contribution in [2.75, 3.05) is 14.1 Å². The third-order valence-electron chi connectivity index (χ3n) is 4.03. The molecule has 0 aliphatic heterocycles. The Balaban J connectivity index is 1.61. The highest BCUT2D eigenvalue weighted by molar-refractivity contribution is 5.80. The van der Waals surface area contributed by atoms with E-state index in [4.69, 9.17) is 8.94 Å². The van der Waals surface area contributed by atoms with E-state index < -0.39 is 0 Å². The normalized spacial score (nSPS) is 12.1. The lowest BCUT2D eigenvalue weighted by Gasteiger charge is -2.20. The van der Waals surface area contributed by atoms with Gasteiger partial charge in [0.2, 0.25) is 0 Å². The molecule has 0 spiro atoms. The number of hydrogen-bond donors (Lipinski definition) is 1. The quantitative estimate of drug-likeness (QED) is 0.566. The number of guanidine groups is 1. The Morgan fingerprint density at radius 3 is 2.72 bits per heavy atom. The summed E-state index contributed by atoms with van der Waals surface area (Å²) >= 11 is 0. The third-order valence-corrected chi connectivity index (χ3v) is 4.03. The first-order valence-corrected chi connectivity index (χ1v) is 8.41. The Morgan fingerprint density at radius 2 is 2.04 bits per heavy atom. The number of furan rings is 1. The number of rotatable bonds is 5. The Kier molecular flexibility index (Phi) is 5.07. The minimum Gasteiger partial charge on any atom is -0.459 e. The predicted octanol–water partition coefficient (Wildman–Crippen LogP) is 3.75. The van der Waals surface area contributed by atoms with Gasteiger partial charge in [-0.1, -0.05) is 37.2 Å². The molecule has 0 amide bonds. The number of fused-ring (bicyclic) bond motifs is 1. The molecule has 0 atom stereocenters. The molecule has 0 bridgehead atoms. The maximum Gasteiger partial charge on any atom is 0.194 e. The second-order valence-corrected chi connectivity index (χ2v) is 6.38. The summed E-state index contributed by atoms with van der Waals surface area (Å²) in [6.45, 7) is 5.35. The van der Waals surface area contributed by atoms with Crippen molar-refractivity contribution in [1.29, 1.82) is 0 Å². The van der Waals surface area contributed by atoms with Crippen molar-refractivity contribution in [1.82, 2.24) is 15.4 Å². The zero-order valence-electron chi connectivity index (χ0n) is 15.1. The van der Waals surface area contributed by atoms with Crippen LogP contribution in [0.2, 0.25) is 0 Å². The fourth-order valence-electron chi connectivity index (χ4n) is 2.66. The van der Waals surface area contributed by atoms with E-state index in [9.17, 15) is 0 Å². The number of nitrogens with zero attached hydrogens (tertiary/aromatic N) is 3. The molecule has 6 heteroatoms. The van der Waals surface area contributed by atoms with Gasteiger partial charge in [-0.2, -0.15) is 0 Å². The van der Waals surface area contributed by atoms with E-state index >= 15 is 0 Å². The van der Waals surface area contributed by atoms with E-state index in [1.165, 1.54) is 0 Å². The van der Waals surface area contributed by atoms with Gasteiger partial charge < -0.3 is 19.2 Å². The van der Waals surface area contributed by atoms with Crippen LogP contribution < -0.4 is 5.32 Å². The minimum atomic E-state index is 0.354. The molecule has 1 aromatic carbocycles. The minimum absolute atomic E-state index is 0.354. The number of aliphatic imine (C=N–C) groups is 1. The van der Waals surface area contributed by atoms with Gasteiger partial charge in [0, 0.05) is 25.5 Å². The Bertz CT molecular complexity index is 830. The van der Waals surface area contributed by atoms with Gasteiger partial charge in [-0.15, -0.1) is 0 Å². The van der Waals surface area contributed by atoms with Gasteiger partial charge in [0.25, 0.3) is 0 Å². The summed E-state index contributed by atoms with van der Waals surface area (Å²) in [6.07, 6.45) is 0. The Morgan fingerprint density at radius 1 is 1.24 bits per heavy atom. The van der Waals surface area contributed by atoms with Gasteiger partial charge in [0.15, 0.2) is 11.7 Å². The van der Waals surface area contributed by atoms with Crippen molar-refractivity contribution in [3.63, 3.8) is 0 Å². The molecule has 2 aromatic heterocycles. The van der Waals surface area contributed by atoms with Gasteiger partial charge in [-0.3, -0.25) is 4.99 Å². The van der Waals surface area contributed by atoms with Gasteiger partial charge in [-0.05, 0) is 18.1 Å². The molecule has 0 aliphatic rings. The SMILES string of the molecule is CN=C(NCc1cc(C(C)C)no1)N(C)Cc1cc2ccccc2o1. The lowest BCUT2D eigenvalue weighted by molar-refractivity contribution is 0.366. The zero-order valence-corrected chi connectivity index (χ0v) is 15.1. The van der Waals surface area contributed by atoms with E-state index in [-0.39, 0.29) is 0 Å². The van der Waals surface area contributed by atoms with Gasteiger partial charge in [0.1, 0.15) is 11.3 Å². The molecule has 2 heterocycles. The largest absolute Gasteiger partial charge is 0.459 e. The third kappa shape index (κ3) is 4.02. The molecule has 1 N–H and O–H groups in total. The van der Waals surface area contributed by atoms with E-state index in [2.05, 4.69) is 35.4 Å². The van der Waals surface area contributed by atoms with Crippen LogP contribution in [0.15, 0.2) is 50.3 Å². The molecule has 0 unspecified atom stereocenters. The van der Waals surface area contributed by atoms with Gasteiger partial charge in [-0.25, -0.2) is 0 Å². The molecular weight excluding hydrogens is 316 g/mol. The van der Waals surface area contributed by atoms with Crippen LogP contribution in [0.3, 0.4) is 0 Å². The average Bonchev–Trinajstić information content (AvgIpc) is 3.21. The van der Waals surface area contributed by atoms with Crippen LogP contribution in [-0.4, -0.2) is 30.1 Å². The summed E-state index contributed by atoms with van der Waals surface area (Å²) in [6, 6.07) is 12.0. The lowest BCUT2D eigenvalue weighted by Crippen LogP contribution is -2.37. The zero-order chi connectivity index (χ0) is 17.8. The Labute approximate surface area is 147 Å². The summed E-state index contributed by atoms with van der Waals surface area (Å²) in [5.74, 6) is 2.81. The van der Waals surface area contributed by atoms with Crippen molar-refractivity contribution in [3.05, 3.63) is 53.6 Å². The fourth-order valence-corrected chi connectivity index (χ4v) is 2.66. The molecule has 0 radical (unpaired) electrons. The summed E-state index contributed by atoms with van der Waals surface area (Å²) in [7, 11) is 3.74. The molecule has 25 heavy (non-hydrogen) atoms. The second kappa shape index (κ2) is 7.42. The number of nitrogens with one attached hydrogen (secondary N) is 1. The average molecular weight is 340 g/mol. The monoisotopic (exact) mass is 340 g/mol. The molecule has 3 rings (SSSR count). The first-order chi connectivity index (χ1) is 12.1. The van der Waals surface area contributed by atoms with Crippen molar-refractivity contribution >= 4 is 16.9 Å². The molecular formula is C19H24N4O2. The lowest BCUT2D eigenvalue weighted by atomic mass is 10.1. The number of benzene rings is 1. The summed E-state index contributed by atoms with van der Waals surface area (Å²) in [5, 5.41) is 8.47. The van der Waals surface area contributed by atoms with Crippen molar-refractivity contribution in [2.45, 2.75) is 32.9 Å². The van der Waals surface area contributed by atoms with Crippen LogP contribution in [0.1, 0.15) is 37.0 Å². The summed E-state index contributed by atoms with van der Waals surface area (Å²) in [4.78, 5) is 6.33. The molecule has 0 saturated heterocycles. The highest BCUT2D eigenvalue weighted by atomic mass is 16.5. The van der Waals surface area contributed by atoms with E-state index in [1.54, 1.807) is 7.05 Å². The molecule has 0 fully saturated rings. The second-order valence-electron chi connectivity index (χ2n) is 6.38. The van der Waals surface area contributed by atoms with E-state index in [0.29, 0.717) is 19.0 Å². The van der Waals surface area contributed by atoms with Crippen molar-refractivity contribution in [3.8, 4) is 0 Å². The van der Waals surface area contributed by atoms with Crippen molar-refractivity contribution < 1.29 is 8.94 Å². The molecule has 6 nitrogen and oxygen atoms in total. The number of hydrogen-bond acceptors (Lipinski definition) is 4. The van der Waals surface area contributed by atoms with Crippen LogP contribution in [0.5, 0.6) is 0 Å².